The van der Waals surface area contributed by atoms with Crippen LogP contribution in [0.25, 0.3) is 0 Å². The highest BCUT2D eigenvalue weighted by Gasteiger charge is 2.73. The van der Waals surface area contributed by atoms with Gasteiger partial charge in [-0.2, -0.15) is 0 Å². The van der Waals surface area contributed by atoms with Crippen molar-refractivity contribution >= 4 is 29.8 Å². The Morgan fingerprint density at radius 2 is 1.98 bits per heavy atom. The smallest absolute Gasteiger partial charge is 0.327 e. The number of nitrogens with one attached hydrogen (secondary N) is 2. The van der Waals surface area contributed by atoms with Crippen LogP contribution in [0, 0.1) is 0 Å². The Bertz CT molecular complexity index is 1460. The van der Waals surface area contributed by atoms with Gasteiger partial charge in [-0.05, 0) is 30.7 Å². The van der Waals surface area contributed by atoms with Gasteiger partial charge in [-0.3, -0.25) is 14.5 Å². The van der Waals surface area contributed by atoms with Crippen molar-refractivity contribution in [2.75, 3.05) is 26.2 Å². The van der Waals surface area contributed by atoms with Crippen molar-refractivity contribution in [1.82, 2.24) is 25.3 Å². The number of amides is 4. The quantitative estimate of drug-likeness (QED) is 0.165. The molecular formula is C27H35N9O6. The zero-order chi connectivity index (χ0) is 29.8. The first-order chi connectivity index (χ1) is 19.8. The van der Waals surface area contributed by atoms with Gasteiger partial charge in [0.05, 0.1) is 24.8 Å². The lowest BCUT2D eigenvalue weighted by Crippen LogP contribution is -2.78. The molecule has 6 aliphatic rings. The molecule has 0 aromatic heterocycles. The van der Waals surface area contributed by atoms with E-state index in [0.29, 0.717) is 12.4 Å². The van der Waals surface area contributed by atoms with E-state index in [1.807, 2.05) is 6.07 Å². The van der Waals surface area contributed by atoms with Crippen LogP contribution in [-0.4, -0.2) is 117 Å². The number of aliphatic imine (C=N–C) groups is 2. The number of guanidine groups is 2. The van der Waals surface area contributed by atoms with Gasteiger partial charge in [-0.25, -0.2) is 14.8 Å². The number of carbonyl (C=O) groups excluding carboxylic acids is 3. The highest BCUT2D eigenvalue weighted by molar-refractivity contribution is 6.02. The summed E-state index contributed by atoms with van der Waals surface area (Å²) in [7, 11) is 0. The topological polar surface area (TPSA) is 211 Å². The average molecular weight is 582 g/mol. The number of nitrogens with two attached hydrogens (primary N) is 2. The molecule has 5 aliphatic heterocycles. The molecule has 42 heavy (non-hydrogen) atoms. The molecular weight excluding hydrogens is 546 g/mol. The predicted molar refractivity (Wildman–Crippen MR) is 148 cm³/mol. The van der Waals surface area contributed by atoms with Crippen LogP contribution >= 0.6 is 0 Å². The third kappa shape index (κ3) is 3.62. The maximum absolute atomic E-state index is 13.6. The van der Waals surface area contributed by atoms with Crippen LogP contribution in [0.1, 0.15) is 49.0 Å². The fourth-order valence-electron chi connectivity index (χ4n) is 7.02. The number of ether oxygens (including phenoxy) is 1. The van der Waals surface area contributed by atoms with Gasteiger partial charge in [0.1, 0.15) is 24.4 Å². The van der Waals surface area contributed by atoms with Crippen molar-refractivity contribution in [3.05, 3.63) is 29.3 Å². The van der Waals surface area contributed by atoms with Gasteiger partial charge < -0.3 is 46.9 Å². The summed E-state index contributed by atoms with van der Waals surface area (Å²) in [5.41, 5.74) is 11.6. The molecule has 1 aromatic rings. The number of hydrogen-bond acceptors (Lipinski definition) is 12. The van der Waals surface area contributed by atoms with Crippen molar-refractivity contribution in [2.24, 2.45) is 21.5 Å². The number of rotatable bonds is 5. The van der Waals surface area contributed by atoms with Crippen molar-refractivity contribution < 1.29 is 29.3 Å². The molecule has 2 unspecified atom stereocenters. The minimum absolute atomic E-state index is 0.0108. The molecule has 15 heteroatoms. The van der Waals surface area contributed by atoms with Crippen molar-refractivity contribution in [1.29, 1.82) is 0 Å². The zero-order valence-corrected chi connectivity index (χ0v) is 23.4. The average Bonchev–Trinajstić information content (AvgIpc) is 3.59. The summed E-state index contributed by atoms with van der Waals surface area (Å²) in [5.74, 6) is -3.28. The van der Waals surface area contributed by atoms with Crippen LogP contribution in [0.15, 0.2) is 28.2 Å². The largest absolute Gasteiger partial charge is 0.492 e. The second-order valence-corrected chi connectivity index (χ2v) is 12.6. The summed E-state index contributed by atoms with van der Waals surface area (Å²) in [6.07, 6.45) is 2.50. The van der Waals surface area contributed by atoms with Gasteiger partial charge in [0.25, 0.3) is 5.91 Å². The molecule has 224 valence electrons. The number of fused-ring (bicyclic) bond motifs is 1. The molecule has 1 spiro atoms. The summed E-state index contributed by atoms with van der Waals surface area (Å²) in [5, 5.41) is 29.2. The summed E-state index contributed by atoms with van der Waals surface area (Å²) in [6.45, 7) is 4.30. The molecule has 4 atom stereocenters. The lowest BCUT2D eigenvalue weighted by atomic mass is 9.79. The molecule has 5 heterocycles. The van der Waals surface area contributed by atoms with Crippen LogP contribution < -0.4 is 26.8 Å². The van der Waals surface area contributed by atoms with E-state index < -0.39 is 41.5 Å². The normalized spacial score (nSPS) is 32.4. The first-order valence-electron chi connectivity index (χ1n) is 14.2. The molecule has 7 rings (SSSR count). The van der Waals surface area contributed by atoms with Crippen molar-refractivity contribution in [3.63, 3.8) is 0 Å². The van der Waals surface area contributed by atoms with Crippen LogP contribution in [-0.2, 0) is 10.2 Å². The second kappa shape index (κ2) is 8.70. The molecule has 1 aromatic carbocycles. The Labute approximate surface area is 241 Å². The Morgan fingerprint density at radius 1 is 1.21 bits per heavy atom. The highest BCUT2D eigenvalue weighted by Crippen LogP contribution is 2.46. The van der Waals surface area contributed by atoms with Gasteiger partial charge in [-0.15, -0.1) is 0 Å². The summed E-state index contributed by atoms with van der Waals surface area (Å²) in [4.78, 5) is 52.4. The van der Waals surface area contributed by atoms with E-state index in [-0.39, 0.29) is 54.5 Å². The SMILES string of the molecule is CC1(C)CCOc2c(C(=O)NC3CN4C(N)=N[C@@H](CN5C(=O)CN(C6CC6)C5=O)[C@@H]5N=C(N)NC54C3(O)O)cccc21. The fourth-order valence-corrected chi connectivity index (χ4v) is 7.02. The van der Waals surface area contributed by atoms with Gasteiger partial charge in [-0.1, -0.05) is 26.0 Å². The van der Waals surface area contributed by atoms with Crippen LogP contribution in [0.4, 0.5) is 4.79 Å². The van der Waals surface area contributed by atoms with Crippen LogP contribution in [0.2, 0.25) is 0 Å². The van der Waals surface area contributed by atoms with Gasteiger partial charge >= 0.3 is 6.03 Å². The first kappa shape index (κ1) is 26.8. The third-order valence-corrected chi connectivity index (χ3v) is 9.51. The zero-order valence-electron chi connectivity index (χ0n) is 23.4. The molecule has 1 saturated carbocycles. The number of benzene rings is 1. The number of carbonyl (C=O) groups is 3. The number of nitrogens with zero attached hydrogens (tertiary/aromatic N) is 5. The van der Waals surface area contributed by atoms with E-state index in [9.17, 15) is 24.6 Å². The van der Waals surface area contributed by atoms with Crippen molar-refractivity contribution in [3.8, 4) is 5.75 Å². The van der Waals surface area contributed by atoms with E-state index in [1.54, 1.807) is 17.0 Å². The van der Waals surface area contributed by atoms with E-state index in [4.69, 9.17) is 16.2 Å². The summed E-state index contributed by atoms with van der Waals surface area (Å²) in [6, 6.07) is 1.73. The van der Waals surface area contributed by atoms with Gasteiger partial charge in [0.15, 0.2) is 17.6 Å². The third-order valence-electron chi connectivity index (χ3n) is 9.51. The van der Waals surface area contributed by atoms with Crippen LogP contribution in [0.5, 0.6) is 5.75 Å². The highest BCUT2D eigenvalue weighted by atomic mass is 16.5. The molecule has 0 radical (unpaired) electrons. The van der Waals surface area contributed by atoms with E-state index in [1.165, 1.54) is 4.90 Å². The summed E-state index contributed by atoms with van der Waals surface area (Å²) >= 11 is 0. The lowest BCUT2D eigenvalue weighted by Gasteiger charge is -2.49. The summed E-state index contributed by atoms with van der Waals surface area (Å²) < 4.78 is 5.90. The van der Waals surface area contributed by atoms with Crippen LogP contribution in [0.3, 0.4) is 0 Å². The van der Waals surface area contributed by atoms with Gasteiger partial charge in [0.2, 0.25) is 11.7 Å². The second-order valence-electron chi connectivity index (χ2n) is 12.6. The number of imide groups is 1. The number of urea groups is 1. The maximum atomic E-state index is 13.6. The fraction of sp³-hybridized carbons (Fsp3) is 0.593. The number of aliphatic hydroxyl groups is 2. The molecule has 0 bridgehead atoms. The molecule has 2 saturated heterocycles. The Morgan fingerprint density at radius 3 is 2.71 bits per heavy atom. The Hall–Kier alpha value is -4.11. The Balaban J connectivity index is 1.18. The minimum Gasteiger partial charge on any atom is -0.492 e. The predicted octanol–water partition coefficient (Wildman–Crippen LogP) is -2.05. The molecule has 4 amide bonds. The molecule has 1 aliphatic carbocycles. The molecule has 15 nitrogen and oxygen atoms in total. The van der Waals surface area contributed by atoms with Gasteiger partial charge in [0, 0.05) is 18.2 Å². The standard InChI is InChI=1S/C27H35N9O6/c1-25(2)8-9-42-19-14(4-3-5-15(19)25)21(38)31-17-11-36-23(29)30-16(20-26(36,27(17,40)41)33-22(28)32-20)10-35-18(37)12-34(24(35)39)13-6-7-13/h3-5,13,16-17,20,40-41H,6-12H2,1-2H3,(H2,29,30)(H,31,38)(H3,28,32,33)/t16-,17?,20-,26?/m0/s1. The minimum atomic E-state index is -2.66. The van der Waals surface area contributed by atoms with E-state index in [2.05, 4.69) is 34.5 Å². The van der Waals surface area contributed by atoms with Crippen molar-refractivity contribution in [2.45, 2.75) is 74.1 Å². The van der Waals surface area contributed by atoms with E-state index >= 15 is 0 Å². The lowest BCUT2D eigenvalue weighted by molar-refractivity contribution is -0.230. The van der Waals surface area contributed by atoms with E-state index in [0.717, 1.165) is 29.7 Å². The number of hydrogen-bond donors (Lipinski definition) is 6. The maximum Gasteiger partial charge on any atom is 0.327 e. The molecule has 8 N–H and O–H groups in total. The first-order valence-corrected chi connectivity index (χ1v) is 14.2. The Kier molecular flexibility index (Phi) is 5.55. The molecule has 3 fully saturated rings. The number of para-hydroxylation sites is 1. The monoisotopic (exact) mass is 581 g/mol.